The van der Waals surface area contributed by atoms with E-state index in [1.54, 1.807) is 6.20 Å². The Morgan fingerprint density at radius 2 is 2.15 bits per heavy atom. The van der Waals surface area contributed by atoms with Crippen molar-refractivity contribution in [2.75, 3.05) is 19.7 Å². The van der Waals surface area contributed by atoms with Crippen LogP contribution in [0.15, 0.2) is 30.9 Å². The molecule has 26 heavy (non-hydrogen) atoms. The first-order chi connectivity index (χ1) is 12.7. The Balaban J connectivity index is 1.54. The van der Waals surface area contributed by atoms with E-state index in [4.69, 9.17) is 4.74 Å². The predicted octanol–water partition coefficient (Wildman–Crippen LogP) is 1.52. The van der Waals surface area contributed by atoms with Gasteiger partial charge in [-0.3, -0.25) is 9.78 Å². The van der Waals surface area contributed by atoms with Crippen molar-refractivity contribution >= 4 is 5.91 Å². The van der Waals surface area contributed by atoms with Gasteiger partial charge in [-0.15, -0.1) is 0 Å². The normalized spacial score (nSPS) is 23.9. The number of rotatable bonds is 4. The first-order valence-electron chi connectivity index (χ1n) is 9.30. The molecule has 2 aliphatic rings. The molecule has 138 valence electrons. The molecule has 1 unspecified atom stereocenters. The van der Waals surface area contributed by atoms with E-state index in [2.05, 4.69) is 20.7 Å². The van der Waals surface area contributed by atoms with Crippen LogP contribution in [-0.2, 0) is 9.53 Å². The van der Waals surface area contributed by atoms with Crippen LogP contribution in [0.1, 0.15) is 36.5 Å². The number of ether oxygens (including phenoxy) is 1. The van der Waals surface area contributed by atoms with Gasteiger partial charge in [0.2, 0.25) is 5.91 Å². The van der Waals surface area contributed by atoms with E-state index in [9.17, 15) is 4.79 Å². The Kier molecular flexibility index (Phi) is 4.99. The number of carbonyl (C=O) groups is 1. The van der Waals surface area contributed by atoms with Gasteiger partial charge in [0.25, 0.3) is 0 Å². The molecule has 0 saturated carbocycles. The van der Waals surface area contributed by atoms with Crippen molar-refractivity contribution in [3.63, 3.8) is 0 Å². The van der Waals surface area contributed by atoms with Crippen LogP contribution in [0, 0.1) is 12.8 Å². The van der Waals surface area contributed by atoms with Gasteiger partial charge in [0.1, 0.15) is 6.10 Å². The molecule has 0 radical (unpaired) electrons. The molecule has 4 heterocycles. The molecule has 2 aromatic heterocycles. The van der Waals surface area contributed by atoms with Crippen LogP contribution in [0.5, 0.6) is 0 Å². The summed E-state index contributed by atoms with van der Waals surface area (Å²) in [5.41, 5.74) is 3.00. The Morgan fingerprint density at radius 3 is 2.92 bits per heavy atom. The number of nitrogens with zero attached hydrogens (tertiary/aromatic N) is 3. The van der Waals surface area contributed by atoms with E-state index in [-0.39, 0.29) is 24.0 Å². The molecule has 2 fully saturated rings. The highest BCUT2D eigenvalue weighted by atomic mass is 16.5. The van der Waals surface area contributed by atoms with Gasteiger partial charge in [0.05, 0.1) is 17.9 Å². The van der Waals surface area contributed by atoms with Crippen molar-refractivity contribution in [3.8, 4) is 5.69 Å². The van der Waals surface area contributed by atoms with E-state index in [1.165, 1.54) is 0 Å². The molecular formula is C19H25N5O2. The monoisotopic (exact) mass is 355 g/mol. The minimum Gasteiger partial charge on any atom is -0.371 e. The summed E-state index contributed by atoms with van der Waals surface area (Å²) >= 11 is 0. The maximum Gasteiger partial charge on any atom is 0.223 e. The van der Waals surface area contributed by atoms with Crippen molar-refractivity contribution in [2.45, 2.75) is 38.3 Å². The molecule has 2 saturated heterocycles. The van der Waals surface area contributed by atoms with Crippen molar-refractivity contribution in [1.82, 2.24) is 25.4 Å². The third kappa shape index (κ3) is 3.50. The molecule has 2 aromatic rings. The highest BCUT2D eigenvalue weighted by Gasteiger charge is 2.34. The third-order valence-electron chi connectivity index (χ3n) is 5.22. The van der Waals surface area contributed by atoms with Crippen LogP contribution in [0.3, 0.4) is 0 Å². The summed E-state index contributed by atoms with van der Waals surface area (Å²) in [6, 6.07) is 1.91. The maximum absolute atomic E-state index is 12.7. The Bertz CT molecular complexity index is 769. The molecule has 2 aliphatic heterocycles. The van der Waals surface area contributed by atoms with Gasteiger partial charge in [-0.1, -0.05) is 0 Å². The fourth-order valence-corrected chi connectivity index (χ4v) is 3.80. The lowest BCUT2D eigenvalue weighted by Crippen LogP contribution is -2.43. The summed E-state index contributed by atoms with van der Waals surface area (Å²) in [5.74, 6) is 0.243. The minimum atomic E-state index is -0.200. The second-order valence-corrected chi connectivity index (χ2v) is 7.12. The van der Waals surface area contributed by atoms with Crippen LogP contribution in [-0.4, -0.2) is 46.4 Å². The lowest BCUT2D eigenvalue weighted by Gasteiger charge is -2.26. The van der Waals surface area contributed by atoms with Gasteiger partial charge in [-0.25, -0.2) is 4.68 Å². The smallest absolute Gasteiger partial charge is 0.223 e. The van der Waals surface area contributed by atoms with E-state index in [1.807, 2.05) is 36.3 Å². The molecule has 4 rings (SSSR count). The molecule has 0 aliphatic carbocycles. The molecule has 7 heteroatoms. The van der Waals surface area contributed by atoms with Crippen molar-refractivity contribution in [1.29, 1.82) is 0 Å². The van der Waals surface area contributed by atoms with E-state index in [0.29, 0.717) is 6.61 Å². The summed E-state index contributed by atoms with van der Waals surface area (Å²) < 4.78 is 7.85. The summed E-state index contributed by atoms with van der Waals surface area (Å²) in [5, 5.41) is 11.0. The lowest BCUT2D eigenvalue weighted by molar-refractivity contribution is -0.126. The minimum absolute atomic E-state index is 0.0306. The number of aryl methyl sites for hydroxylation is 1. The molecule has 0 spiro atoms. The van der Waals surface area contributed by atoms with Crippen LogP contribution >= 0.6 is 0 Å². The highest BCUT2D eigenvalue weighted by molar-refractivity contribution is 5.79. The second kappa shape index (κ2) is 7.55. The van der Waals surface area contributed by atoms with Crippen molar-refractivity contribution in [3.05, 3.63) is 42.0 Å². The number of piperidine rings is 1. The lowest BCUT2D eigenvalue weighted by atomic mass is 9.95. The molecule has 7 nitrogen and oxygen atoms in total. The van der Waals surface area contributed by atoms with Gasteiger partial charge >= 0.3 is 0 Å². The van der Waals surface area contributed by atoms with Gasteiger partial charge < -0.3 is 15.4 Å². The number of aromatic nitrogens is 3. The first-order valence-corrected chi connectivity index (χ1v) is 9.30. The fourth-order valence-electron chi connectivity index (χ4n) is 3.80. The number of carbonyl (C=O) groups excluding carboxylic acids is 1. The van der Waals surface area contributed by atoms with Crippen LogP contribution in [0.4, 0.5) is 0 Å². The summed E-state index contributed by atoms with van der Waals surface area (Å²) in [7, 11) is 0. The number of pyridine rings is 1. The Hall–Kier alpha value is -2.25. The van der Waals surface area contributed by atoms with Crippen LogP contribution in [0.2, 0.25) is 0 Å². The predicted molar refractivity (Wildman–Crippen MR) is 96.9 cm³/mol. The van der Waals surface area contributed by atoms with Gasteiger partial charge in [0.15, 0.2) is 0 Å². The molecular weight excluding hydrogens is 330 g/mol. The number of nitrogens with one attached hydrogen (secondary N) is 2. The van der Waals surface area contributed by atoms with Crippen molar-refractivity contribution < 1.29 is 9.53 Å². The summed E-state index contributed by atoms with van der Waals surface area (Å²) in [6.07, 6.45) is 9.80. The van der Waals surface area contributed by atoms with Crippen LogP contribution in [0.25, 0.3) is 5.69 Å². The van der Waals surface area contributed by atoms with Gasteiger partial charge in [-0.2, -0.15) is 5.10 Å². The zero-order chi connectivity index (χ0) is 17.9. The van der Waals surface area contributed by atoms with Crippen LogP contribution < -0.4 is 10.6 Å². The second-order valence-electron chi connectivity index (χ2n) is 7.12. The average molecular weight is 355 g/mol. The topological polar surface area (TPSA) is 81.1 Å². The zero-order valence-corrected chi connectivity index (χ0v) is 15.0. The van der Waals surface area contributed by atoms with E-state index >= 15 is 0 Å². The first kappa shape index (κ1) is 17.2. The zero-order valence-electron chi connectivity index (χ0n) is 15.0. The number of hydrogen-bond donors (Lipinski definition) is 2. The highest BCUT2D eigenvalue weighted by Crippen LogP contribution is 2.33. The number of amides is 1. The average Bonchev–Trinajstić information content (AvgIpc) is 3.31. The van der Waals surface area contributed by atoms with Gasteiger partial charge in [0, 0.05) is 36.7 Å². The Labute approximate surface area is 153 Å². The molecule has 0 bridgehead atoms. The number of hydrogen-bond acceptors (Lipinski definition) is 5. The fraction of sp³-hybridized carbons (Fsp3) is 0.526. The standard InChI is InChI=1S/C19H25N5O2/c1-13-10-22-24(12-13)17-4-8-21-11-15(17)18-16(5-9-26-18)23-19(25)14-2-6-20-7-3-14/h4,8,10-12,14,16,18,20H,2-3,5-7,9H2,1H3,(H,23,25)/t16-,18?/m0/s1. The van der Waals surface area contributed by atoms with E-state index < -0.39 is 0 Å². The molecule has 2 N–H and O–H groups in total. The molecule has 1 amide bonds. The summed E-state index contributed by atoms with van der Waals surface area (Å²) in [6.45, 7) is 4.47. The third-order valence-corrected chi connectivity index (χ3v) is 5.22. The molecule has 2 atom stereocenters. The maximum atomic E-state index is 12.7. The van der Waals surface area contributed by atoms with Gasteiger partial charge in [-0.05, 0) is 50.9 Å². The SMILES string of the molecule is Cc1cnn(-c2ccncc2C2OCC[C@@H]2NC(=O)C2CCNCC2)c1. The van der Waals surface area contributed by atoms with Crippen molar-refractivity contribution in [2.24, 2.45) is 5.92 Å². The quantitative estimate of drug-likeness (QED) is 0.869. The summed E-state index contributed by atoms with van der Waals surface area (Å²) in [4.78, 5) is 16.9. The largest absolute Gasteiger partial charge is 0.371 e. The Morgan fingerprint density at radius 1 is 1.31 bits per heavy atom. The van der Waals surface area contributed by atoms with E-state index in [0.717, 1.165) is 49.2 Å². The molecule has 0 aromatic carbocycles.